The Balaban J connectivity index is 1.75. The molecule has 0 radical (unpaired) electrons. The van der Waals surface area contributed by atoms with Crippen molar-refractivity contribution in [3.05, 3.63) is 62.6 Å². The number of hydrogen-bond acceptors (Lipinski definition) is 5. The second kappa shape index (κ2) is 8.58. The van der Waals surface area contributed by atoms with Gasteiger partial charge in [0.2, 0.25) is 5.43 Å². The molecule has 0 fully saturated rings. The predicted molar refractivity (Wildman–Crippen MR) is 114 cm³/mol. The third-order valence-electron chi connectivity index (χ3n) is 6.05. The predicted octanol–water partition coefficient (Wildman–Crippen LogP) is 2.51. The maximum Gasteiger partial charge on any atom is 0.274 e. The fourth-order valence-electron chi connectivity index (χ4n) is 4.66. The maximum atomic E-state index is 14.0. The number of rotatable bonds is 6. The van der Waals surface area contributed by atoms with E-state index in [1.54, 1.807) is 4.90 Å². The average molecular weight is 461 g/mol. The molecule has 10 heteroatoms. The molecule has 8 nitrogen and oxygen atoms in total. The van der Waals surface area contributed by atoms with E-state index in [-0.39, 0.29) is 41.0 Å². The minimum atomic E-state index is -0.990. The summed E-state index contributed by atoms with van der Waals surface area (Å²) in [5.41, 5.74) is -1.24. The van der Waals surface area contributed by atoms with Crippen molar-refractivity contribution < 1.29 is 28.2 Å². The van der Waals surface area contributed by atoms with Gasteiger partial charge in [0.25, 0.3) is 11.8 Å². The molecule has 3 heterocycles. The van der Waals surface area contributed by atoms with Gasteiger partial charge in [0.05, 0.1) is 11.7 Å². The molecule has 33 heavy (non-hydrogen) atoms. The number of carbonyl (C=O) groups excluding carboxylic acids is 2. The first-order valence-corrected chi connectivity index (χ1v) is 10.7. The summed E-state index contributed by atoms with van der Waals surface area (Å²) in [7, 11) is 1.44. The smallest absolute Gasteiger partial charge is 0.274 e. The minimum Gasteiger partial charge on any atom is -0.503 e. The fraction of sp³-hybridized carbons (Fsp3) is 0.435. The zero-order valence-electron chi connectivity index (χ0n) is 18.5. The molecule has 2 atom stereocenters. The highest BCUT2D eigenvalue weighted by Gasteiger charge is 2.45. The van der Waals surface area contributed by atoms with Crippen LogP contribution in [0.4, 0.5) is 8.78 Å². The Morgan fingerprint density at radius 1 is 1.30 bits per heavy atom. The van der Waals surface area contributed by atoms with E-state index in [0.29, 0.717) is 25.6 Å². The van der Waals surface area contributed by atoms with E-state index in [1.165, 1.54) is 17.7 Å². The number of carbonyl (C=O) groups is 2. The lowest BCUT2D eigenvalue weighted by Gasteiger charge is -2.35. The van der Waals surface area contributed by atoms with Gasteiger partial charge < -0.3 is 24.6 Å². The topological polar surface area (TPSA) is 101 Å². The standard InChI is InChI=1S/C23H25F2N3O5/c1-11(2)9-27-10-14-7-16(33-3)18-17(20(29)21(30)19(23(27)32)28(14)18)22(31)26-8-12-4-5-13(24)6-15(12)25/h4-6,11,14,16,30H,7-10H2,1-3H3,(H,26,31)/t14-,16+/m0/s1. The van der Waals surface area contributed by atoms with Gasteiger partial charge >= 0.3 is 0 Å². The van der Waals surface area contributed by atoms with E-state index in [2.05, 4.69) is 5.32 Å². The summed E-state index contributed by atoms with van der Waals surface area (Å²) < 4.78 is 34.2. The van der Waals surface area contributed by atoms with E-state index in [0.717, 1.165) is 6.07 Å². The highest BCUT2D eigenvalue weighted by molar-refractivity contribution is 6.00. The summed E-state index contributed by atoms with van der Waals surface area (Å²) >= 11 is 0. The normalized spacial score (nSPS) is 19.2. The van der Waals surface area contributed by atoms with Crippen molar-refractivity contribution in [3.8, 4) is 5.75 Å². The molecule has 0 aliphatic carbocycles. The number of halogens is 2. The van der Waals surface area contributed by atoms with E-state index in [9.17, 15) is 28.3 Å². The zero-order chi connectivity index (χ0) is 24.0. The highest BCUT2D eigenvalue weighted by Crippen LogP contribution is 2.43. The van der Waals surface area contributed by atoms with Crippen LogP contribution in [0.2, 0.25) is 0 Å². The molecule has 0 unspecified atom stereocenters. The van der Waals surface area contributed by atoms with E-state index in [1.807, 2.05) is 13.8 Å². The van der Waals surface area contributed by atoms with Gasteiger partial charge in [-0.05, 0) is 12.0 Å². The van der Waals surface area contributed by atoms with Crippen LogP contribution in [0.3, 0.4) is 0 Å². The van der Waals surface area contributed by atoms with Crippen LogP contribution in [0.1, 0.15) is 64.5 Å². The molecule has 2 N–H and O–H groups in total. The van der Waals surface area contributed by atoms with Crippen LogP contribution in [0.15, 0.2) is 23.0 Å². The van der Waals surface area contributed by atoms with Gasteiger partial charge in [-0.3, -0.25) is 14.4 Å². The Kier molecular flexibility index (Phi) is 5.96. The number of ether oxygens (including phenoxy) is 1. The lowest BCUT2D eigenvalue weighted by atomic mass is 10.1. The van der Waals surface area contributed by atoms with Crippen molar-refractivity contribution in [2.75, 3.05) is 20.2 Å². The molecule has 4 rings (SSSR count). The van der Waals surface area contributed by atoms with Crippen LogP contribution in [0.5, 0.6) is 5.75 Å². The van der Waals surface area contributed by atoms with Gasteiger partial charge in [-0.25, -0.2) is 8.78 Å². The Morgan fingerprint density at radius 2 is 2.03 bits per heavy atom. The molecule has 2 aromatic rings. The van der Waals surface area contributed by atoms with Crippen LogP contribution in [-0.4, -0.2) is 46.6 Å². The largest absolute Gasteiger partial charge is 0.503 e. The van der Waals surface area contributed by atoms with Gasteiger partial charge in [0.15, 0.2) is 11.4 Å². The summed E-state index contributed by atoms with van der Waals surface area (Å²) in [6.45, 7) is 4.45. The van der Waals surface area contributed by atoms with E-state index < -0.39 is 40.7 Å². The molecule has 0 saturated heterocycles. The molecule has 2 aliphatic rings. The van der Waals surface area contributed by atoms with Crippen LogP contribution in [-0.2, 0) is 11.3 Å². The Bertz CT molecular complexity index is 1190. The third-order valence-corrected chi connectivity index (χ3v) is 6.05. The maximum absolute atomic E-state index is 14.0. The molecule has 176 valence electrons. The quantitative estimate of drug-likeness (QED) is 0.689. The van der Waals surface area contributed by atoms with Crippen molar-refractivity contribution in [1.82, 2.24) is 14.8 Å². The van der Waals surface area contributed by atoms with Gasteiger partial charge in [-0.2, -0.15) is 0 Å². The fourth-order valence-corrected chi connectivity index (χ4v) is 4.66. The Hall–Kier alpha value is -3.27. The first-order valence-electron chi connectivity index (χ1n) is 10.7. The number of nitrogens with zero attached hydrogens (tertiary/aromatic N) is 2. The van der Waals surface area contributed by atoms with Gasteiger partial charge in [0, 0.05) is 44.8 Å². The number of amides is 2. The molecule has 1 aromatic carbocycles. The van der Waals surface area contributed by atoms with Crippen LogP contribution < -0.4 is 10.7 Å². The first-order chi connectivity index (χ1) is 15.6. The number of benzene rings is 1. The molecule has 1 aromatic heterocycles. The second-order valence-electron chi connectivity index (χ2n) is 8.79. The van der Waals surface area contributed by atoms with Crippen LogP contribution in [0.25, 0.3) is 0 Å². The molecular formula is C23H25F2N3O5. The van der Waals surface area contributed by atoms with Gasteiger partial charge in [0.1, 0.15) is 23.3 Å². The molecule has 0 saturated carbocycles. The van der Waals surface area contributed by atoms with Crippen molar-refractivity contribution in [2.45, 2.75) is 39.0 Å². The lowest BCUT2D eigenvalue weighted by molar-refractivity contribution is 0.0618. The highest BCUT2D eigenvalue weighted by atomic mass is 19.1. The lowest BCUT2D eigenvalue weighted by Crippen LogP contribution is -2.45. The molecule has 2 amide bonds. The number of hydrogen-bond donors (Lipinski definition) is 2. The number of aromatic nitrogens is 1. The number of nitrogens with one attached hydrogen (secondary N) is 1. The number of aromatic hydroxyl groups is 1. The summed E-state index contributed by atoms with van der Waals surface area (Å²) in [6, 6.07) is 2.67. The van der Waals surface area contributed by atoms with Crippen molar-refractivity contribution in [1.29, 1.82) is 0 Å². The summed E-state index contributed by atoms with van der Waals surface area (Å²) in [5.74, 6) is -3.52. The monoisotopic (exact) mass is 461 g/mol. The molecule has 0 bridgehead atoms. The SMILES string of the molecule is CO[C@@H]1C[C@H]2CN(CC(C)C)C(=O)c3c(O)c(=O)c(C(=O)NCc4ccc(F)cc4F)c1n32. The Morgan fingerprint density at radius 3 is 2.67 bits per heavy atom. The van der Waals surface area contributed by atoms with Gasteiger partial charge in [-0.1, -0.05) is 19.9 Å². The van der Waals surface area contributed by atoms with Crippen LogP contribution >= 0.6 is 0 Å². The third kappa shape index (κ3) is 3.88. The number of methoxy groups -OCH3 is 1. The second-order valence-corrected chi connectivity index (χ2v) is 8.79. The summed E-state index contributed by atoms with van der Waals surface area (Å²) in [5, 5.41) is 13.1. The van der Waals surface area contributed by atoms with Crippen molar-refractivity contribution in [2.24, 2.45) is 5.92 Å². The average Bonchev–Trinajstić information content (AvgIpc) is 3.10. The summed E-state index contributed by atoms with van der Waals surface area (Å²) in [4.78, 5) is 40.8. The van der Waals surface area contributed by atoms with Crippen molar-refractivity contribution >= 4 is 11.8 Å². The molecular weight excluding hydrogens is 436 g/mol. The molecule has 2 aliphatic heterocycles. The van der Waals surface area contributed by atoms with Gasteiger partial charge in [-0.15, -0.1) is 0 Å². The summed E-state index contributed by atoms with van der Waals surface area (Å²) in [6.07, 6.45) is -0.224. The van der Waals surface area contributed by atoms with Crippen LogP contribution in [0, 0.1) is 17.6 Å². The minimum absolute atomic E-state index is 0.0316. The van der Waals surface area contributed by atoms with E-state index in [4.69, 9.17) is 4.74 Å². The van der Waals surface area contributed by atoms with E-state index >= 15 is 0 Å². The molecule has 0 spiro atoms. The number of pyridine rings is 1. The Labute approximate surface area is 188 Å². The van der Waals surface area contributed by atoms with Crippen molar-refractivity contribution in [3.63, 3.8) is 0 Å². The first kappa shape index (κ1) is 22.9. The zero-order valence-corrected chi connectivity index (χ0v) is 18.5.